The molecule has 0 aliphatic heterocycles. The van der Waals surface area contributed by atoms with E-state index in [0.717, 1.165) is 28.5 Å². The van der Waals surface area contributed by atoms with Crippen LogP contribution >= 0.6 is 11.6 Å². The zero-order valence-corrected chi connectivity index (χ0v) is 20.7. The van der Waals surface area contributed by atoms with E-state index < -0.39 is 11.2 Å². The Labute approximate surface area is 217 Å². The van der Waals surface area contributed by atoms with E-state index in [4.69, 9.17) is 11.6 Å². The second-order valence-electron chi connectivity index (χ2n) is 9.11. The van der Waals surface area contributed by atoms with Gasteiger partial charge in [0.05, 0.1) is 23.0 Å². The van der Waals surface area contributed by atoms with Crippen LogP contribution in [-0.4, -0.2) is 27.0 Å². The van der Waals surface area contributed by atoms with Crippen LogP contribution in [0.2, 0.25) is 5.02 Å². The molecule has 0 saturated heterocycles. The quantitative estimate of drug-likeness (QED) is 0.376. The molecule has 5 rings (SSSR count). The fraction of sp³-hybridized carbons (Fsp3) is 0.214. The maximum Gasteiger partial charge on any atom is 0.336 e. The van der Waals surface area contributed by atoms with Crippen LogP contribution in [0.1, 0.15) is 24.0 Å². The molecule has 0 spiro atoms. The van der Waals surface area contributed by atoms with Crippen molar-refractivity contribution in [3.05, 3.63) is 110 Å². The summed E-state index contributed by atoms with van der Waals surface area (Å²) in [4.78, 5) is 51.7. The number of halogens is 1. The summed E-state index contributed by atoms with van der Waals surface area (Å²) in [5.41, 5.74) is 1.29. The number of hydrogen-bond donors (Lipinski definition) is 2. The molecular weight excluding hydrogens is 492 g/mol. The van der Waals surface area contributed by atoms with E-state index in [-0.39, 0.29) is 37.4 Å². The number of amides is 2. The smallest absolute Gasteiger partial charge is 0.336 e. The van der Waals surface area contributed by atoms with E-state index in [1.165, 1.54) is 4.57 Å². The van der Waals surface area contributed by atoms with Crippen molar-refractivity contribution in [3.8, 4) is 5.69 Å². The van der Waals surface area contributed by atoms with Crippen molar-refractivity contribution >= 4 is 34.3 Å². The highest BCUT2D eigenvalue weighted by molar-refractivity contribution is 6.30. The molecule has 0 bridgehead atoms. The molecule has 37 heavy (non-hydrogen) atoms. The lowest BCUT2D eigenvalue weighted by molar-refractivity contribution is -0.122. The number of rotatable bonds is 8. The van der Waals surface area contributed by atoms with Crippen LogP contribution in [0.15, 0.2) is 82.4 Å². The van der Waals surface area contributed by atoms with Crippen LogP contribution < -0.4 is 21.9 Å². The van der Waals surface area contributed by atoms with Gasteiger partial charge in [0.2, 0.25) is 11.8 Å². The van der Waals surface area contributed by atoms with Gasteiger partial charge in [0.1, 0.15) is 6.54 Å². The first-order valence-electron chi connectivity index (χ1n) is 12.0. The Bertz CT molecular complexity index is 1590. The van der Waals surface area contributed by atoms with Crippen molar-refractivity contribution in [1.82, 2.24) is 19.8 Å². The lowest BCUT2D eigenvalue weighted by atomic mass is 10.1. The number of benzene rings is 3. The third kappa shape index (κ3) is 5.65. The Morgan fingerprint density at radius 1 is 0.865 bits per heavy atom. The van der Waals surface area contributed by atoms with E-state index in [1.807, 2.05) is 12.1 Å². The maximum absolute atomic E-state index is 13.5. The van der Waals surface area contributed by atoms with Crippen molar-refractivity contribution in [2.75, 3.05) is 0 Å². The summed E-state index contributed by atoms with van der Waals surface area (Å²) in [5.74, 6) is -0.422. The lowest BCUT2D eigenvalue weighted by Crippen LogP contribution is -2.41. The number of nitrogens with one attached hydrogen (secondary N) is 2. The molecule has 188 valence electrons. The predicted octanol–water partition coefficient (Wildman–Crippen LogP) is 2.94. The van der Waals surface area contributed by atoms with Gasteiger partial charge in [0.25, 0.3) is 5.56 Å². The van der Waals surface area contributed by atoms with Crippen molar-refractivity contribution in [3.63, 3.8) is 0 Å². The summed E-state index contributed by atoms with van der Waals surface area (Å²) in [7, 11) is 0. The van der Waals surface area contributed by atoms with Crippen LogP contribution in [0.5, 0.6) is 0 Å². The number of hydrogen-bond acceptors (Lipinski definition) is 4. The largest absolute Gasteiger partial charge is 0.353 e. The molecule has 1 aliphatic carbocycles. The zero-order valence-electron chi connectivity index (χ0n) is 19.9. The second kappa shape index (κ2) is 10.4. The average Bonchev–Trinajstić information content (AvgIpc) is 3.71. The molecule has 1 fully saturated rings. The van der Waals surface area contributed by atoms with Gasteiger partial charge in [0, 0.05) is 17.6 Å². The zero-order chi connectivity index (χ0) is 25.9. The van der Waals surface area contributed by atoms with Crippen LogP contribution in [0.25, 0.3) is 16.6 Å². The molecule has 1 saturated carbocycles. The van der Waals surface area contributed by atoms with Gasteiger partial charge in [-0.25, -0.2) is 9.36 Å². The summed E-state index contributed by atoms with van der Waals surface area (Å²) in [6, 6.07) is 20.8. The normalized spacial score (nSPS) is 12.9. The summed E-state index contributed by atoms with van der Waals surface area (Å²) < 4.78 is 2.35. The highest BCUT2D eigenvalue weighted by Crippen LogP contribution is 2.19. The fourth-order valence-electron chi connectivity index (χ4n) is 4.16. The number of carbonyl (C=O) groups is 2. The Kier molecular flexibility index (Phi) is 6.92. The number of fused-ring (bicyclic) bond motifs is 1. The molecule has 9 heteroatoms. The van der Waals surface area contributed by atoms with Gasteiger partial charge in [-0.1, -0.05) is 48.0 Å². The summed E-state index contributed by atoms with van der Waals surface area (Å²) in [5, 5.41) is 6.68. The average molecular weight is 517 g/mol. The van der Waals surface area contributed by atoms with Gasteiger partial charge < -0.3 is 10.6 Å². The minimum Gasteiger partial charge on any atom is -0.353 e. The van der Waals surface area contributed by atoms with Gasteiger partial charge in [-0.15, -0.1) is 0 Å². The fourth-order valence-corrected chi connectivity index (χ4v) is 4.28. The molecule has 2 N–H and O–H groups in total. The molecule has 1 aliphatic rings. The van der Waals surface area contributed by atoms with Crippen LogP contribution in [-0.2, 0) is 29.1 Å². The predicted molar refractivity (Wildman–Crippen MR) is 142 cm³/mol. The third-order valence-electron chi connectivity index (χ3n) is 6.26. The van der Waals surface area contributed by atoms with Gasteiger partial charge in [-0.05, 0) is 60.4 Å². The minimum absolute atomic E-state index is 0.0508. The Morgan fingerprint density at radius 2 is 1.54 bits per heavy atom. The van der Waals surface area contributed by atoms with Crippen molar-refractivity contribution < 1.29 is 9.59 Å². The second-order valence-corrected chi connectivity index (χ2v) is 9.55. The Morgan fingerprint density at radius 3 is 2.24 bits per heavy atom. The SMILES string of the molecule is O=C(Cn1c(=O)n(-c2ccc(CC(=O)NC3CC3)cc2)c(=O)c2ccccc21)NCc1ccc(Cl)cc1. The molecule has 8 nitrogen and oxygen atoms in total. The summed E-state index contributed by atoms with van der Waals surface area (Å²) >= 11 is 5.91. The van der Waals surface area contributed by atoms with Gasteiger partial charge >= 0.3 is 5.69 Å². The number of nitrogens with zero attached hydrogens (tertiary/aromatic N) is 2. The molecular formula is C28H25ClN4O4. The van der Waals surface area contributed by atoms with E-state index >= 15 is 0 Å². The van der Waals surface area contributed by atoms with Crippen molar-refractivity contribution in [2.24, 2.45) is 0 Å². The van der Waals surface area contributed by atoms with E-state index in [0.29, 0.717) is 21.6 Å². The van der Waals surface area contributed by atoms with Crippen molar-refractivity contribution in [2.45, 2.75) is 38.4 Å². The topological polar surface area (TPSA) is 102 Å². The highest BCUT2D eigenvalue weighted by atomic mass is 35.5. The van der Waals surface area contributed by atoms with Gasteiger partial charge in [0.15, 0.2) is 0 Å². The Balaban J connectivity index is 1.42. The van der Waals surface area contributed by atoms with E-state index in [9.17, 15) is 19.2 Å². The number of aromatic nitrogens is 2. The monoisotopic (exact) mass is 516 g/mol. The first-order valence-corrected chi connectivity index (χ1v) is 12.4. The minimum atomic E-state index is -0.621. The van der Waals surface area contributed by atoms with E-state index in [1.54, 1.807) is 60.7 Å². The summed E-state index contributed by atoms with van der Waals surface area (Å²) in [6.07, 6.45) is 2.25. The molecule has 4 aromatic rings. The third-order valence-corrected chi connectivity index (χ3v) is 6.51. The molecule has 0 unspecified atom stereocenters. The first-order chi connectivity index (χ1) is 17.9. The van der Waals surface area contributed by atoms with Gasteiger partial charge in [-0.2, -0.15) is 0 Å². The summed E-state index contributed by atoms with van der Waals surface area (Å²) in [6.45, 7) is 0.0186. The molecule has 0 atom stereocenters. The molecule has 2 amide bonds. The molecule has 1 aromatic heterocycles. The van der Waals surface area contributed by atoms with E-state index in [2.05, 4.69) is 10.6 Å². The molecule has 0 radical (unpaired) electrons. The molecule has 1 heterocycles. The van der Waals surface area contributed by atoms with Crippen molar-refractivity contribution in [1.29, 1.82) is 0 Å². The van der Waals surface area contributed by atoms with Crippen LogP contribution in [0.3, 0.4) is 0 Å². The van der Waals surface area contributed by atoms with Gasteiger partial charge in [-0.3, -0.25) is 19.0 Å². The number of carbonyl (C=O) groups excluding carboxylic acids is 2. The maximum atomic E-state index is 13.5. The highest BCUT2D eigenvalue weighted by Gasteiger charge is 2.23. The lowest BCUT2D eigenvalue weighted by Gasteiger charge is -2.14. The molecule has 3 aromatic carbocycles. The first kappa shape index (κ1) is 24.5. The van der Waals surface area contributed by atoms with Crippen LogP contribution in [0.4, 0.5) is 0 Å². The Hall–Kier alpha value is -4.17. The standard InChI is InChI=1S/C28H25ClN4O4/c29-20-9-5-19(6-10-20)16-30-26(35)17-32-24-4-2-1-3-23(24)27(36)33(28(32)37)22-13-7-18(8-14-22)15-25(34)31-21-11-12-21/h1-10,13-14,21H,11-12,15-17H2,(H,30,35)(H,31,34). The van der Waals surface area contributed by atoms with Crippen LogP contribution in [0, 0.1) is 0 Å². The number of para-hydroxylation sites is 1.